The van der Waals surface area contributed by atoms with Gasteiger partial charge in [-0.2, -0.15) is 0 Å². The number of allylic oxidation sites excluding steroid dienone is 4. The Balaban J connectivity index is 0.000000354. The van der Waals surface area contributed by atoms with E-state index in [4.69, 9.17) is 17.0 Å². The molecule has 1 aliphatic carbocycles. The van der Waals surface area contributed by atoms with E-state index >= 15 is 0 Å². The molecule has 0 nitrogen and oxygen atoms in total. The van der Waals surface area contributed by atoms with Crippen LogP contribution in [0.1, 0.15) is 26.7 Å². The molecular formula is C9H13Cl2Zr. The summed E-state index contributed by atoms with van der Waals surface area (Å²) >= 11 is -0.826. The van der Waals surface area contributed by atoms with Gasteiger partial charge in [-0.1, -0.05) is 26.0 Å². The summed E-state index contributed by atoms with van der Waals surface area (Å²) in [6, 6.07) is 0. The van der Waals surface area contributed by atoms with Crippen molar-refractivity contribution in [1.29, 1.82) is 0 Å². The molecule has 1 rings (SSSR count). The number of hydrogen-bond donors (Lipinski definition) is 0. The van der Waals surface area contributed by atoms with Gasteiger partial charge in [0.1, 0.15) is 0 Å². The first kappa shape index (κ1) is 12.9. The molecule has 0 aromatic rings. The second-order valence-electron chi connectivity index (χ2n) is 2.35. The molecule has 0 aromatic heterocycles. The Morgan fingerprint density at radius 3 is 1.67 bits per heavy atom. The normalized spacial score (nSPS) is 14.3. The standard InChI is InChI=1S/C9H13.2ClH.Zr/c1-3-8-6-5-7-9(8)4-2;;;/h5-7H,3-4H2,1-2H3;2*1H;/q;;;+2/p-2. The first-order valence-electron chi connectivity index (χ1n) is 3.99. The summed E-state index contributed by atoms with van der Waals surface area (Å²) in [6.07, 6.45) is 8.90. The molecule has 0 fully saturated rings. The van der Waals surface area contributed by atoms with Gasteiger partial charge in [0.05, 0.1) is 0 Å². The maximum absolute atomic E-state index is 4.93. The fourth-order valence-electron chi connectivity index (χ4n) is 1.18. The Bertz CT molecular complexity index is 155. The van der Waals surface area contributed by atoms with Gasteiger partial charge in [0, 0.05) is 6.42 Å². The minimum absolute atomic E-state index is 0.826. The van der Waals surface area contributed by atoms with Gasteiger partial charge in [-0.3, -0.25) is 0 Å². The molecule has 1 radical (unpaired) electrons. The summed E-state index contributed by atoms with van der Waals surface area (Å²) < 4.78 is 0. The number of hydrogen-bond acceptors (Lipinski definition) is 0. The van der Waals surface area contributed by atoms with Crippen molar-refractivity contribution in [2.45, 2.75) is 26.7 Å². The van der Waals surface area contributed by atoms with Gasteiger partial charge in [0.2, 0.25) is 0 Å². The monoisotopic (exact) mass is 281 g/mol. The fraction of sp³-hybridized carbons (Fsp3) is 0.444. The molecule has 0 aromatic carbocycles. The Morgan fingerprint density at radius 2 is 1.42 bits per heavy atom. The predicted molar refractivity (Wildman–Crippen MR) is 52.8 cm³/mol. The van der Waals surface area contributed by atoms with Crippen molar-refractivity contribution < 1.29 is 20.8 Å². The van der Waals surface area contributed by atoms with E-state index in [2.05, 4.69) is 32.4 Å². The van der Waals surface area contributed by atoms with E-state index in [1.807, 2.05) is 0 Å². The van der Waals surface area contributed by atoms with Gasteiger partial charge in [-0.05, 0) is 24.0 Å². The number of halogens is 2. The van der Waals surface area contributed by atoms with Crippen LogP contribution in [0, 0.1) is 6.42 Å². The van der Waals surface area contributed by atoms with Gasteiger partial charge in [0.25, 0.3) is 0 Å². The number of rotatable bonds is 2. The first-order valence-corrected chi connectivity index (χ1v) is 10.3. The summed E-state index contributed by atoms with van der Waals surface area (Å²) in [6.45, 7) is 4.41. The van der Waals surface area contributed by atoms with E-state index in [9.17, 15) is 0 Å². The third-order valence-corrected chi connectivity index (χ3v) is 1.77. The van der Waals surface area contributed by atoms with Crippen LogP contribution in [0.2, 0.25) is 0 Å². The third kappa shape index (κ3) is 4.85. The zero-order chi connectivity index (χ0) is 9.40. The minimum atomic E-state index is -0.826. The molecule has 0 saturated carbocycles. The summed E-state index contributed by atoms with van der Waals surface area (Å²) in [5.74, 6) is 0. The van der Waals surface area contributed by atoms with E-state index in [0.717, 1.165) is 0 Å². The fourth-order valence-corrected chi connectivity index (χ4v) is 1.18. The Morgan fingerprint density at radius 1 is 1.08 bits per heavy atom. The maximum atomic E-state index is 4.93. The molecule has 12 heavy (non-hydrogen) atoms. The van der Waals surface area contributed by atoms with E-state index in [1.54, 1.807) is 0 Å². The van der Waals surface area contributed by atoms with Gasteiger partial charge in [0.15, 0.2) is 0 Å². The van der Waals surface area contributed by atoms with Crippen LogP contribution in [0.5, 0.6) is 0 Å². The van der Waals surface area contributed by atoms with Gasteiger partial charge in [-0.15, -0.1) is 0 Å². The van der Waals surface area contributed by atoms with Crippen LogP contribution >= 0.6 is 17.0 Å². The molecule has 0 unspecified atom stereocenters. The average molecular weight is 283 g/mol. The molecule has 0 heterocycles. The quantitative estimate of drug-likeness (QED) is 0.710. The zero-order valence-electron chi connectivity index (χ0n) is 7.40. The molecule has 0 saturated heterocycles. The average Bonchev–Trinajstić information content (AvgIpc) is 2.52. The van der Waals surface area contributed by atoms with Crippen molar-refractivity contribution in [3.63, 3.8) is 0 Å². The van der Waals surface area contributed by atoms with Gasteiger partial charge in [-0.25, -0.2) is 0 Å². The topological polar surface area (TPSA) is 0 Å². The predicted octanol–water partition coefficient (Wildman–Crippen LogP) is 4.25. The van der Waals surface area contributed by atoms with Crippen molar-refractivity contribution in [2.24, 2.45) is 0 Å². The molecular weight excluding hydrogens is 270 g/mol. The molecule has 67 valence electrons. The molecule has 0 bridgehead atoms. The van der Waals surface area contributed by atoms with Crippen LogP contribution in [0.4, 0.5) is 0 Å². The Hall–Kier alpha value is 0.943. The van der Waals surface area contributed by atoms with Crippen LogP contribution in [0.3, 0.4) is 0 Å². The van der Waals surface area contributed by atoms with E-state index in [-0.39, 0.29) is 0 Å². The summed E-state index contributed by atoms with van der Waals surface area (Å²) in [7, 11) is 9.87. The van der Waals surface area contributed by atoms with E-state index in [1.165, 1.54) is 24.0 Å². The summed E-state index contributed by atoms with van der Waals surface area (Å²) in [5, 5.41) is 0. The molecule has 0 spiro atoms. The van der Waals surface area contributed by atoms with Crippen molar-refractivity contribution in [2.75, 3.05) is 0 Å². The van der Waals surface area contributed by atoms with Crippen LogP contribution in [-0.4, -0.2) is 0 Å². The second kappa shape index (κ2) is 8.54. The van der Waals surface area contributed by atoms with Crippen LogP contribution in [-0.2, 0) is 20.8 Å². The van der Waals surface area contributed by atoms with Crippen LogP contribution < -0.4 is 0 Å². The van der Waals surface area contributed by atoms with Crippen molar-refractivity contribution in [3.05, 3.63) is 29.7 Å². The Kier molecular flexibility index (Phi) is 9.21. The molecule has 1 aliphatic rings. The van der Waals surface area contributed by atoms with Gasteiger partial charge >= 0.3 is 37.9 Å². The van der Waals surface area contributed by atoms with Gasteiger partial charge < -0.3 is 0 Å². The SMILES string of the molecule is CCC1=C[CH]C=C1CC.[Cl][Zr][Cl]. The third-order valence-electron chi connectivity index (χ3n) is 1.77. The molecule has 0 amide bonds. The van der Waals surface area contributed by atoms with Crippen molar-refractivity contribution >= 4 is 17.0 Å². The molecule has 3 heteroatoms. The van der Waals surface area contributed by atoms with Crippen molar-refractivity contribution in [3.8, 4) is 0 Å². The zero-order valence-corrected chi connectivity index (χ0v) is 11.4. The Labute approximate surface area is 93.7 Å². The molecule has 0 N–H and O–H groups in total. The van der Waals surface area contributed by atoms with Crippen molar-refractivity contribution in [1.82, 2.24) is 0 Å². The first-order chi connectivity index (χ1) is 5.79. The molecule has 0 aliphatic heterocycles. The second-order valence-corrected chi connectivity index (χ2v) is 6.09. The summed E-state index contributed by atoms with van der Waals surface area (Å²) in [4.78, 5) is 0. The van der Waals surface area contributed by atoms with Crippen LogP contribution in [0.25, 0.3) is 0 Å². The van der Waals surface area contributed by atoms with E-state index in [0.29, 0.717) is 0 Å². The summed E-state index contributed by atoms with van der Waals surface area (Å²) in [5.41, 5.74) is 3.02. The molecule has 0 atom stereocenters. The van der Waals surface area contributed by atoms with Crippen LogP contribution in [0.15, 0.2) is 23.3 Å². The van der Waals surface area contributed by atoms with E-state index < -0.39 is 20.8 Å².